The van der Waals surface area contributed by atoms with Crippen LogP contribution < -0.4 is 14.4 Å². The van der Waals surface area contributed by atoms with E-state index in [1.165, 1.54) is 4.90 Å². The molecular weight excluding hydrogens is 398 g/mol. The van der Waals surface area contributed by atoms with E-state index in [-0.39, 0.29) is 37.2 Å². The van der Waals surface area contributed by atoms with Crippen LogP contribution in [0, 0.1) is 0 Å². The molecule has 0 aliphatic carbocycles. The van der Waals surface area contributed by atoms with Gasteiger partial charge in [-0.05, 0) is 42.7 Å². The molecule has 0 saturated carbocycles. The number of imide groups is 1. The molecule has 0 radical (unpaired) electrons. The van der Waals surface area contributed by atoms with E-state index in [1.54, 1.807) is 17.0 Å². The number of fused-ring (bicyclic) bond motifs is 1. The number of hydrogen-bond donors (Lipinski definition) is 0. The predicted octanol–water partition coefficient (Wildman–Crippen LogP) is 2.42. The van der Waals surface area contributed by atoms with Crippen LogP contribution in [0.3, 0.4) is 0 Å². The maximum atomic E-state index is 12.9. The molecule has 0 aromatic heterocycles. The minimum Gasteiger partial charge on any atom is -0.454 e. The first-order valence-electron chi connectivity index (χ1n) is 10.4. The summed E-state index contributed by atoms with van der Waals surface area (Å²) in [5.41, 5.74) is 1.48. The van der Waals surface area contributed by atoms with Gasteiger partial charge in [-0.25, -0.2) is 9.69 Å². The fourth-order valence-corrected chi connectivity index (χ4v) is 4.40. The third-order valence-corrected chi connectivity index (χ3v) is 6.06. The number of rotatable bonds is 4. The highest BCUT2D eigenvalue weighted by Gasteiger charge is 2.41. The zero-order chi connectivity index (χ0) is 21.4. The number of benzene rings is 2. The van der Waals surface area contributed by atoms with Crippen LogP contribution in [0.4, 0.5) is 10.5 Å². The number of likely N-dealkylation sites (tertiary alicyclic amines) is 1. The second-order valence-electron chi connectivity index (χ2n) is 7.95. The predicted molar refractivity (Wildman–Crippen MR) is 112 cm³/mol. The third-order valence-electron chi connectivity index (χ3n) is 6.06. The smallest absolute Gasteiger partial charge is 0.332 e. The number of carbonyl (C=O) groups is 3. The van der Waals surface area contributed by atoms with Crippen molar-refractivity contribution in [2.45, 2.75) is 25.3 Å². The van der Waals surface area contributed by atoms with Gasteiger partial charge in [0.25, 0.3) is 5.91 Å². The number of para-hydroxylation sites is 1. The molecule has 2 aromatic rings. The second kappa shape index (κ2) is 7.94. The molecule has 5 rings (SSSR count). The van der Waals surface area contributed by atoms with Crippen molar-refractivity contribution >= 4 is 23.5 Å². The Morgan fingerprint density at radius 2 is 1.71 bits per heavy atom. The molecule has 0 unspecified atom stereocenters. The molecule has 0 bridgehead atoms. The lowest BCUT2D eigenvalue weighted by atomic mass is 10.0. The van der Waals surface area contributed by atoms with E-state index in [1.807, 2.05) is 41.3 Å². The van der Waals surface area contributed by atoms with Crippen molar-refractivity contribution in [3.05, 3.63) is 54.1 Å². The first-order valence-corrected chi connectivity index (χ1v) is 10.4. The van der Waals surface area contributed by atoms with E-state index in [2.05, 4.69) is 0 Å². The Morgan fingerprint density at radius 1 is 0.968 bits per heavy atom. The standard InChI is InChI=1S/C23H23N3O5/c27-21(13-16-6-7-19-20(12-16)31-15-30-19)24-10-8-17(9-11-24)25-14-22(28)26(23(25)29)18-4-2-1-3-5-18/h1-7,12,17H,8-11,13-15H2. The zero-order valence-corrected chi connectivity index (χ0v) is 17.0. The van der Waals surface area contributed by atoms with Gasteiger partial charge in [0.05, 0.1) is 12.1 Å². The molecule has 3 heterocycles. The molecule has 8 heteroatoms. The van der Waals surface area contributed by atoms with Gasteiger partial charge in [-0.1, -0.05) is 24.3 Å². The van der Waals surface area contributed by atoms with Crippen molar-refractivity contribution < 1.29 is 23.9 Å². The Bertz CT molecular complexity index is 1020. The average molecular weight is 421 g/mol. The molecule has 2 saturated heterocycles. The Kier molecular flexibility index (Phi) is 4.97. The second-order valence-corrected chi connectivity index (χ2v) is 7.95. The molecule has 4 amide bonds. The average Bonchev–Trinajstić information content (AvgIpc) is 3.37. The van der Waals surface area contributed by atoms with Crippen LogP contribution in [0.1, 0.15) is 18.4 Å². The maximum Gasteiger partial charge on any atom is 0.332 e. The number of urea groups is 1. The van der Waals surface area contributed by atoms with Gasteiger partial charge in [-0.2, -0.15) is 0 Å². The van der Waals surface area contributed by atoms with Gasteiger partial charge in [0.2, 0.25) is 12.7 Å². The SMILES string of the molecule is O=C(Cc1ccc2c(c1)OCO2)N1CCC(N2CC(=O)N(c3ccccc3)C2=O)CC1. The molecule has 0 atom stereocenters. The van der Waals surface area contributed by atoms with Crippen LogP contribution in [0.5, 0.6) is 11.5 Å². The van der Waals surface area contributed by atoms with Crippen molar-refractivity contribution in [3.8, 4) is 11.5 Å². The first kappa shape index (κ1) is 19.4. The molecule has 3 aliphatic rings. The van der Waals surface area contributed by atoms with E-state index in [0.717, 1.165) is 5.56 Å². The fourth-order valence-electron chi connectivity index (χ4n) is 4.40. The lowest BCUT2D eigenvalue weighted by Gasteiger charge is -2.36. The summed E-state index contributed by atoms with van der Waals surface area (Å²) < 4.78 is 10.7. The lowest BCUT2D eigenvalue weighted by molar-refractivity contribution is -0.132. The highest BCUT2D eigenvalue weighted by molar-refractivity contribution is 6.19. The van der Waals surface area contributed by atoms with Crippen LogP contribution in [-0.2, 0) is 16.0 Å². The molecule has 2 fully saturated rings. The quantitative estimate of drug-likeness (QED) is 0.709. The van der Waals surface area contributed by atoms with Crippen molar-refractivity contribution in [2.75, 3.05) is 31.3 Å². The van der Waals surface area contributed by atoms with E-state index < -0.39 is 0 Å². The highest BCUT2D eigenvalue weighted by Crippen LogP contribution is 2.33. The van der Waals surface area contributed by atoms with Gasteiger partial charge in [-0.3, -0.25) is 9.59 Å². The number of anilines is 1. The number of amides is 4. The van der Waals surface area contributed by atoms with E-state index in [0.29, 0.717) is 49.5 Å². The van der Waals surface area contributed by atoms with Gasteiger partial charge in [0.15, 0.2) is 11.5 Å². The van der Waals surface area contributed by atoms with Gasteiger partial charge >= 0.3 is 6.03 Å². The summed E-state index contributed by atoms with van der Waals surface area (Å²) in [6, 6.07) is 14.2. The van der Waals surface area contributed by atoms with Crippen LogP contribution in [0.2, 0.25) is 0 Å². The summed E-state index contributed by atoms with van der Waals surface area (Å²) in [6.45, 7) is 1.43. The normalized spacial score (nSPS) is 18.8. The molecule has 160 valence electrons. The molecule has 0 spiro atoms. The summed E-state index contributed by atoms with van der Waals surface area (Å²) in [7, 11) is 0. The number of carbonyl (C=O) groups excluding carboxylic acids is 3. The number of piperidine rings is 1. The van der Waals surface area contributed by atoms with Crippen molar-refractivity contribution in [3.63, 3.8) is 0 Å². The number of ether oxygens (including phenoxy) is 2. The molecule has 3 aliphatic heterocycles. The van der Waals surface area contributed by atoms with E-state index >= 15 is 0 Å². The Balaban J connectivity index is 1.18. The van der Waals surface area contributed by atoms with Gasteiger partial charge in [0.1, 0.15) is 6.54 Å². The Morgan fingerprint density at radius 3 is 2.48 bits per heavy atom. The summed E-state index contributed by atoms with van der Waals surface area (Å²) in [6.07, 6.45) is 1.62. The first-order chi connectivity index (χ1) is 15.1. The van der Waals surface area contributed by atoms with Crippen molar-refractivity contribution in [1.82, 2.24) is 9.80 Å². The number of hydrogen-bond acceptors (Lipinski definition) is 5. The number of nitrogens with zero attached hydrogens (tertiary/aromatic N) is 3. The summed E-state index contributed by atoms with van der Waals surface area (Å²) in [5.74, 6) is 1.21. The molecular formula is C23H23N3O5. The molecule has 0 N–H and O–H groups in total. The summed E-state index contributed by atoms with van der Waals surface area (Å²) >= 11 is 0. The minimum atomic E-state index is -0.277. The topological polar surface area (TPSA) is 79.4 Å². The molecule has 8 nitrogen and oxygen atoms in total. The largest absolute Gasteiger partial charge is 0.454 e. The van der Waals surface area contributed by atoms with Crippen molar-refractivity contribution in [1.29, 1.82) is 0 Å². The third kappa shape index (κ3) is 3.69. The van der Waals surface area contributed by atoms with Gasteiger partial charge < -0.3 is 19.3 Å². The molecule has 2 aromatic carbocycles. The van der Waals surface area contributed by atoms with Crippen LogP contribution in [-0.4, -0.2) is 60.1 Å². The minimum absolute atomic E-state index is 0.0419. The fraction of sp³-hybridized carbons (Fsp3) is 0.348. The maximum absolute atomic E-state index is 12.9. The monoisotopic (exact) mass is 421 g/mol. The summed E-state index contributed by atoms with van der Waals surface area (Å²) in [5, 5.41) is 0. The lowest BCUT2D eigenvalue weighted by Crippen LogP contribution is -2.48. The van der Waals surface area contributed by atoms with Crippen LogP contribution in [0.25, 0.3) is 0 Å². The van der Waals surface area contributed by atoms with Crippen LogP contribution in [0.15, 0.2) is 48.5 Å². The Labute approximate surface area is 179 Å². The molecule has 31 heavy (non-hydrogen) atoms. The highest BCUT2D eigenvalue weighted by atomic mass is 16.7. The zero-order valence-electron chi connectivity index (χ0n) is 17.0. The van der Waals surface area contributed by atoms with E-state index in [9.17, 15) is 14.4 Å². The Hall–Kier alpha value is -3.55. The van der Waals surface area contributed by atoms with Gasteiger partial charge in [-0.15, -0.1) is 0 Å². The van der Waals surface area contributed by atoms with Crippen molar-refractivity contribution in [2.24, 2.45) is 0 Å². The van der Waals surface area contributed by atoms with Crippen LogP contribution >= 0.6 is 0 Å². The van der Waals surface area contributed by atoms with E-state index in [4.69, 9.17) is 9.47 Å². The summed E-state index contributed by atoms with van der Waals surface area (Å²) in [4.78, 5) is 42.9. The van der Waals surface area contributed by atoms with Gasteiger partial charge in [0, 0.05) is 19.1 Å².